The van der Waals surface area contributed by atoms with Crippen LogP contribution in [0, 0.1) is 0 Å². The van der Waals surface area contributed by atoms with Crippen LogP contribution in [0.3, 0.4) is 0 Å². The molecule has 1 amide bonds. The second-order valence-electron chi connectivity index (χ2n) is 9.61. The smallest absolute Gasteiger partial charge is 0.416 e. The summed E-state index contributed by atoms with van der Waals surface area (Å²) in [6.07, 6.45) is 0.642. The van der Waals surface area contributed by atoms with E-state index in [1.54, 1.807) is 39.9 Å². The van der Waals surface area contributed by atoms with Crippen molar-refractivity contribution in [3.63, 3.8) is 0 Å². The Balaban J connectivity index is 1.39. The minimum atomic E-state index is -4.50. The van der Waals surface area contributed by atoms with E-state index in [1.807, 2.05) is 24.3 Å². The van der Waals surface area contributed by atoms with E-state index in [1.165, 1.54) is 20.4 Å². The van der Waals surface area contributed by atoms with Gasteiger partial charge in [-0.25, -0.2) is 4.98 Å². The molecule has 41 heavy (non-hydrogen) atoms. The first-order chi connectivity index (χ1) is 19.8. The lowest BCUT2D eigenvalue weighted by Gasteiger charge is -2.36. The van der Waals surface area contributed by atoms with Gasteiger partial charge in [-0.15, -0.1) is 0 Å². The van der Waals surface area contributed by atoms with Gasteiger partial charge in [-0.2, -0.15) is 13.2 Å². The molecule has 8 nitrogen and oxygen atoms in total. The van der Waals surface area contributed by atoms with Crippen LogP contribution in [0.5, 0.6) is 17.2 Å². The van der Waals surface area contributed by atoms with Crippen LogP contribution < -0.4 is 14.2 Å². The molecule has 3 aromatic heterocycles. The highest BCUT2D eigenvalue weighted by Gasteiger charge is 2.37. The quantitative estimate of drug-likeness (QED) is 0.273. The number of carbonyl (C=O) groups excluding carboxylic acids is 1. The predicted octanol–water partition coefficient (Wildman–Crippen LogP) is 5.47. The minimum absolute atomic E-state index is 0.158. The first-order valence-electron chi connectivity index (χ1n) is 12.8. The monoisotopic (exact) mass is 562 g/mol. The number of aromatic nitrogens is 3. The van der Waals surface area contributed by atoms with Crippen molar-refractivity contribution >= 4 is 22.3 Å². The van der Waals surface area contributed by atoms with Gasteiger partial charge in [0.15, 0.2) is 18.1 Å². The van der Waals surface area contributed by atoms with Crippen molar-refractivity contribution in [1.29, 1.82) is 0 Å². The molecule has 0 aliphatic carbocycles. The number of ether oxygens (including phenoxy) is 3. The highest BCUT2D eigenvalue weighted by molar-refractivity contribution is 5.83. The number of imidazole rings is 1. The molecular weight excluding hydrogens is 537 g/mol. The zero-order chi connectivity index (χ0) is 28.7. The standard InChI is InChI=1S/C30H25F3N4O4/c1-39-24-6-4-19(14-25(24)40-2)28-29-23(35-26-15-21(30(31,32)33)8-11-36(26)29)9-12-37(28)27(38)17-41-22-5-3-18-7-10-34-16-20(18)13-22/h3-8,10-11,13-16,28H,9,12,17H2,1-2H3. The summed E-state index contributed by atoms with van der Waals surface area (Å²) < 4.78 is 58.7. The molecule has 1 unspecified atom stereocenters. The fourth-order valence-electron chi connectivity index (χ4n) is 5.28. The SMILES string of the molecule is COc1ccc(C2c3c(nc4cc(C(F)(F)F)ccn34)CCN2C(=O)COc2ccc3ccncc3c2)cc1OC. The van der Waals surface area contributed by atoms with Gasteiger partial charge in [0.25, 0.3) is 5.91 Å². The van der Waals surface area contributed by atoms with Crippen molar-refractivity contribution in [2.45, 2.75) is 18.6 Å². The molecule has 2 aromatic carbocycles. The molecule has 210 valence electrons. The molecule has 0 radical (unpaired) electrons. The van der Waals surface area contributed by atoms with Crippen LogP contribution in [-0.4, -0.2) is 52.5 Å². The van der Waals surface area contributed by atoms with Gasteiger partial charge >= 0.3 is 6.18 Å². The van der Waals surface area contributed by atoms with E-state index in [4.69, 9.17) is 14.2 Å². The lowest BCUT2D eigenvalue weighted by Crippen LogP contribution is -2.43. The molecule has 5 aromatic rings. The summed E-state index contributed by atoms with van der Waals surface area (Å²) in [7, 11) is 3.03. The van der Waals surface area contributed by atoms with Gasteiger partial charge in [0, 0.05) is 36.9 Å². The van der Waals surface area contributed by atoms with E-state index in [0.29, 0.717) is 47.2 Å². The molecule has 0 bridgehead atoms. The van der Waals surface area contributed by atoms with E-state index in [0.717, 1.165) is 22.9 Å². The van der Waals surface area contributed by atoms with E-state index in [-0.39, 0.29) is 18.2 Å². The molecule has 0 saturated heterocycles. The number of hydrogen-bond acceptors (Lipinski definition) is 6. The first-order valence-corrected chi connectivity index (χ1v) is 12.8. The number of carbonyl (C=O) groups is 1. The molecule has 1 atom stereocenters. The van der Waals surface area contributed by atoms with Crippen LogP contribution in [0.2, 0.25) is 0 Å². The van der Waals surface area contributed by atoms with Crippen molar-refractivity contribution in [2.24, 2.45) is 0 Å². The van der Waals surface area contributed by atoms with Crippen LogP contribution in [0.4, 0.5) is 13.2 Å². The Kier molecular flexibility index (Phi) is 6.64. The number of alkyl halides is 3. The van der Waals surface area contributed by atoms with Crippen molar-refractivity contribution in [3.8, 4) is 17.2 Å². The fraction of sp³-hybridized carbons (Fsp3) is 0.233. The van der Waals surface area contributed by atoms with E-state index >= 15 is 0 Å². The van der Waals surface area contributed by atoms with Crippen LogP contribution in [-0.2, 0) is 17.4 Å². The molecule has 0 fully saturated rings. The van der Waals surface area contributed by atoms with Crippen molar-refractivity contribution in [1.82, 2.24) is 19.3 Å². The van der Waals surface area contributed by atoms with Gasteiger partial charge in [0.2, 0.25) is 0 Å². The molecule has 0 saturated carbocycles. The minimum Gasteiger partial charge on any atom is -0.493 e. The fourth-order valence-corrected chi connectivity index (χ4v) is 5.28. The number of hydrogen-bond donors (Lipinski definition) is 0. The van der Waals surface area contributed by atoms with Crippen LogP contribution in [0.1, 0.15) is 28.6 Å². The molecule has 4 heterocycles. The molecule has 6 rings (SSSR count). The summed E-state index contributed by atoms with van der Waals surface area (Å²) in [4.78, 5) is 24.0. The average molecular weight is 563 g/mol. The Morgan fingerprint density at radius 3 is 2.61 bits per heavy atom. The Morgan fingerprint density at radius 1 is 1.00 bits per heavy atom. The van der Waals surface area contributed by atoms with Gasteiger partial charge < -0.3 is 23.5 Å². The van der Waals surface area contributed by atoms with Crippen LogP contribution >= 0.6 is 0 Å². The van der Waals surface area contributed by atoms with Crippen LogP contribution in [0.15, 0.2) is 73.2 Å². The van der Waals surface area contributed by atoms with Gasteiger partial charge in [-0.3, -0.25) is 9.78 Å². The number of fused-ring (bicyclic) bond motifs is 4. The van der Waals surface area contributed by atoms with Gasteiger partial charge in [0.1, 0.15) is 11.4 Å². The van der Waals surface area contributed by atoms with E-state index < -0.39 is 17.8 Å². The second-order valence-corrected chi connectivity index (χ2v) is 9.61. The number of halogens is 3. The Bertz CT molecular complexity index is 1770. The van der Waals surface area contributed by atoms with Gasteiger partial charge in [-0.05, 0) is 53.4 Å². The molecule has 11 heteroatoms. The maximum Gasteiger partial charge on any atom is 0.416 e. The second kappa shape index (κ2) is 10.3. The Morgan fingerprint density at radius 2 is 1.83 bits per heavy atom. The van der Waals surface area contributed by atoms with Gasteiger partial charge in [-0.1, -0.05) is 12.1 Å². The summed E-state index contributed by atoms with van der Waals surface area (Å²) in [5.41, 5.74) is 1.29. The molecule has 0 N–H and O–H groups in total. The summed E-state index contributed by atoms with van der Waals surface area (Å²) >= 11 is 0. The molecule has 0 spiro atoms. The zero-order valence-corrected chi connectivity index (χ0v) is 22.2. The lowest BCUT2D eigenvalue weighted by molar-refractivity contribution is -0.137. The molecule has 1 aliphatic heterocycles. The Hall–Kier alpha value is -4.80. The number of pyridine rings is 2. The highest BCUT2D eigenvalue weighted by atomic mass is 19.4. The third-order valence-electron chi connectivity index (χ3n) is 7.24. The number of amides is 1. The molecule has 1 aliphatic rings. The molecular formula is C30H25F3N4O4. The maximum atomic E-state index is 13.7. The normalized spacial score (nSPS) is 15.1. The number of nitrogens with zero attached hydrogens (tertiary/aromatic N) is 4. The summed E-state index contributed by atoms with van der Waals surface area (Å²) in [6.45, 7) is 0.0612. The number of benzene rings is 2. The largest absolute Gasteiger partial charge is 0.493 e. The van der Waals surface area contributed by atoms with E-state index in [9.17, 15) is 18.0 Å². The zero-order valence-electron chi connectivity index (χ0n) is 22.2. The number of methoxy groups -OCH3 is 2. The average Bonchev–Trinajstić information content (AvgIpc) is 3.36. The van der Waals surface area contributed by atoms with Crippen LogP contribution in [0.25, 0.3) is 16.4 Å². The Labute approximate surface area is 232 Å². The summed E-state index contributed by atoms with van der Waals surface area (Å²) in [5.74, 6) is 1.20. The maximum absolute atomic E-state index is 13.7. The lowest BCUT2D eigenvalue weighted by atomic mass is 9.95. The van der Waals surface area contributed by atoms with Crippen molar-refractivity contribution < 1.29 is 32.2 Å². The number of rotatable bonds is 6. The highest BCUT2D eigenvalue weighted by Crippen LogP contribution is 2.40. The van der Waals surface area contributed by atoms with Gasteiger partial charge in [0.05, 0.1) is 37.2 Å². The summed E-state index contributed by atoms with van der Waals surface area (Å²) in [5, 5.41) is 1.88. The third kappa shape index (κ3) is 4.88. The third-order valence-corrected chi connectivity index (χ3v) is 7.24. The van der Waals surface area contributed by atoms with E-state index in [2.05, 4.69) is 9.97 Å². The van der Waals surface area contributed by atoms with Crippen molar-refractivity contribution in [2.75, 3.05) is 27.4 Å². The predicted molar refractivity (Wildman–Crippen MR) is 144 cm³/mol. The summed E-state index contributed by atoms with van der Waals surface area (Å²) in [6, 6.07) is 14.1. The van der Waals surface area contributed by atoms with Crippen molar-refractivity contribution in [3.05, 3.63) is 95.7 Å². The first kappa shape index (κ1) is 26.4. The topological polar surface area (TPSA) is 78.2 Å².